The van der Waals surface area contributed by atoms with E-state index in [1.807, 2.05) is 6.07 Å². The highest BCUT2D eigenvalue weighted by atomic mass is 16.5. The number of rotatable bonds is 7. The predicted octanol–water partition coefficient (Wildman–Crippen LogP) is 1.13. The van der Waals surface area contributed by atoms with Gasteiger partial charge in [0.25, 0.3) is 5.56 Å². The lowest BCUT2D eigenvalue weighted by Crippen LogP contribution is -2.39. The molecule has 3 aromatic heterocycles. The number of ether oxygens (including phenoxy) is 1. The number of nitrogens with zero attached hydrogens (tertiary/aromatic N) is 3. The maximum atomic E-state index is 12.6. The third-order valence-electron chi connectivity index (χ3n) is 3.88. The molecule has 0 atom stereocenters. The van der Waals surface area contributed by atoms with Gasteiger partial charge in [-0.1, -0.05) is 0 Å². The Bertz CT molecular complexity index is 934. The van der Waals surface area contributed by atoms with Crippen molar-refractivity contribution in [2.24, 2.45) is 0 Å². The van der Waals surface area contributed by atoms with Crippen LogP contribution in [0.25, 0.3) is 11.2 Å². The summed E-state index contributed by atoms with van der Waals surface area (Å²) in [6, 6.07) is 3.63. The van der Waals surface area contributed by atoms with E-state index in [-0.39, 0.29) is 11.2 Å². The summed E-state index contributed by atoms with van der Waals surface area (Å²) in [5, 5.41) is 0. The number of aromatic amines is 1. The summed E-state index contributed by atoms with van der Waals surface area (Å²) in [6.07, 6.45) is 2.68. The molecule has 8 nitrogen and oxygen atoms in total. The van der Waals surface area contributed by atoms with Gasteiger partial charge in [-0.3, -0.25) is 13.9 Å². The molecule has 0 bridgehead atoms. The summed E-state index contributed by atoms with van der Waals surface area (Å²) in [6.45, 7) is 3.05. The van der Waals surface area contributed by atoms with E-state index in [9.17, 15) is 9.59 Å². The normalized spacial score (nSPS) is 11.4. The lowest BCUT2D eigenvalue weighted by molar-refractivity contribution is 0.190. The standard InChI is InChI=1S/C16H20N4O4/c1-3-19-15(21)13-14(20(16(19)22)7-5-8-23-2)18-12(17-13)10-11-6-4-9-24-11/h4,6,9H,3,5,7-8,10H2,1-2H3,(H,17,18). The van der Waals surface area contributed by atoms with E-state index in [0.29, 0.717) is 49.5 Å². The minimum atomic E-state index is -0.348. The van der Waals surface area contributed by atoms with Crippen LogP contribution in [0.2, 0.25) is 0 Å². The second kappa shape index (κ2) is 6.88. The number of H-pyrrole nitrogens is 1. The van der Waals surface area contributed by atoms with E-state index in [0.717, 1.165) is 5.76 Å². The van der Waals surface area contributed by atoms with Gasteiger partial charge in [0.05, 0.1) is 12.7 Å². The Hall–Kier alpha value is -2.61. The van der Waals surface area contributed by atoms with Crippen LogP contribution in [0.4, 0.5) is 0 Å². The Morgan fingerprint density at radius 1 is 1.33 bits per heavy atom. The van der Waals surface area contributed by atoms with Crippen molar-refractivity contribution < 1.29 is 9.15 Å². The second-order valence-electron chi connectivity index (χ2n) is 5.47. The molecule has 0 fully saturated rings. The summed E-state index contributed by atoms with van der Waals surface area (Å²) < 4.78 is 13.1. The Morgan fingerprint density at radius 3 is 2.83 bits per heavy atom. The molecule has 0 spiro atoms. The number of furan rings is 1. The van der Waals surface area contributed by atoms with E-state index in [2.05, 4.69) is 9.97 Å². The monoisotopic (exact) mass is 332 g/mol. The van der Waals surface area contributed by atoms with Crippen molar-refractivity contribution in [2.45, 2.75) is 32.9 Å². The van der Waals surface area contributed by atoms with Crippen LogP contribution in [0.15, 0.2) is 32.4 Å². The van der Waals surface area contributed by atoms with Crippen LogP contribution in [0.5, 0.6) is 0 Å². The van der Waals surface area contributed by atoms with E-state index in [1.165, 1.54) is 9.13 Å². The van der Waals surface area contributed by atoms with E-state index >= 15 is 0 Å². The minimum absolute atomic E-state index is 0.310. The molecule has 128 valence electrons. The van der Waals surface area contributed by atoms with Gasteiger partial charge in [0.15, 0.2) is 5.65 Å². The molecule has 0 amide bonds. The topological polar surface area (TPSA) is 95.1 Å². The number of fused-ring (bicyclic) bond motifs is 1. The lowest BCUT2D eigenvalue weighted by atomic mass is 10.3. The van der Waals surface area contributed by atoms with Crippen molar-refractivity contribution in [1.82, 2.24) is 19.1 Å². The number of nitrogens with one attached hydrogen (secondary N) is 1. The van der Waals surface area contributed by atoms with E-state index in [1.54, 1.807) is 26.4 Å². The number of imidazole rings is 1. The first-order chi connectivity index (χ1) is 11.7. The molecule has 1 N–H and O–H groups in total. The molecule has 0 aliphatic heterocycles. The molecule has 8 heteroatoms. The fourth-order valence-electron chi connectivity index (χ4n) is 2.72. The molecule has 0 aliphatic rings. The molecule has 0 saturated carbocycles. The average molecular weight is 332 g/mol. The highest BCUT2D eigenvalue weighted by molar-refractivity contribution is 5.69. The molecular weight excluding hydrogens is 312 g/mol. The summed E-state index contributed by atoms with van der Waals surface area (Å²) in [4.78, 5) is 32.6. The van der Waals surface area contributed by atoms with Gasteiger partial charge in [-0.2, -0.15) is 0 Å². The molecule has 0 aliphatic carbocycles. The molecular formula is C16H20N4O4. The maximum Gasteiger partial charge on any atom is 0.332 e. The molecule has 0 aromatic carbocycles. The Kier molecular flexibility index (Phi) is 4.66. The minimum Gasteiger partial charge on any atom is -0.469 e. The van der Waals surface area contributed by atoms with Crippen LogP contribution in [0.3, 0.4) is 0 Å². The third-order valence-corrected chi connectivity index (χ3v) is 3.88. The molecule has 3 aromatic rings. The lowest BCUT2D eigenvalue weighted by Gasteiger charge is -2.09. The number of hydrogen-bond donors (Lipinski definition) is 1. The molecule has 0 unspecified atom stereocenters. The largest absolute Gasteiger partial charge is 0.469 e. The van der Waals surface area contributed by atoms with Crippen molar-refractivity contribution in [3.63, 3.8) is 0 Å². The van der Waals surface area contributed by atoms with Crippen molar-refractivity contribution >= 4 is 11.2 Å². The second-order valence-corrected chi connectivity index (χ2v) is 5.47. The summed E-state index contributed by atoms with van der Waals surface area (Å²) in [5.74, 6) is 1.32. The average Bonchev–Trinajstić information content (AvgIpc) is 3.21. The SMILES string of the molecule is CCn1c(=O)c2[nH]c(Cc3ccco3)nc2n(CCCOC)c1=O. The fourth-order valence-corrected chi connectivity index (χ4v) is 2.72. The van der Waals surface area contributed by atoms with Crippen LogP contribution >= 0.6 is 0 Å². The van der Waals surface area contributed by atoms with Crippen molar-refractivity contribution in [1.29, 1.82) is 0 Å². The zero-order chi connectivity index (χ0) is 17.1. The number of aromatic nitrogens is 4. The van der Waals surface area contributed by atoms with Gasteiger partial charge in [-0.25, -0.2) is 9.78 Å². The summed E-state index contributed by atoms with van der Waals surface area (Å²) in [7, 11) is 1.61. The molecule has 0 saturated heterocycles. The molecule has 3 heterocycles. The van der Waals surface area contributed by atoms with Gasteiger partial charge >= 0.3 is 5.69 Å². The Morgan fingerprint density at radius 2 is 2.17 bits per heavy atom. The van der Waals surface area contributed by atoms with Gasteiger partial charge in [0.2, 0.25) is 0 Å². The van der Waals surface area contributed by atoms with Gasteiger partial charge in [0.1, 0.15) is 17.1 Å². The first-order valence-corrected chi connectivity index (χ1v) is 7.89. The highest BCUT2D eigenvalue weighted by Gasteiger charge is 2.17. The fraction of sp³-hybridized carbons (Fsp3) is 0.438. The first kappa shape index (κ1) is 16.3. The van der Waals surface area contributed by atoms with Gasteiger partial charge in [0, 0.05) is 26.8 Å². The smallest absolute Gasteiger partial charge is 0.332 e. The van der Waals surface area contributed by atoms with E-state index in [4.69, 9.17) is 9.15 Å². The Labute approximate surface area is 137 Å². The highest BCUT2D eigenvalue weighted by Crippen LogP contribution is 2.11. The molecule has 3 rings (SSSR count). The summed E-state index contributed by atoms with van der Waals surface area (Å²) in [5.41, 5.74) is 0.0311. The number of aryl methyl sites for hydroxylation is 1. The third kappa shape index (κ3) is 2.92. The van der Waals surface area contributed by atoms with Gasteiger partial charge in [-0.05, 0) is 25.5 Å². The van der Waals surface area contributed by atoms with Crippen molar-refractivity contribution in [2.75, 3.05) is 13.7 Å². The van der Waals surface area contributed by atoms with Crippen LogP contribution < -0.4 is 11.2 Å². The number of methoxy groups -OCH3 is 1. The van der Waals surface area contributed by atoms with Gasteiger partial charge in [-0.15, -0.1) is 0 Å². The van der Waals surface area contributed by atoms with Gasteiger partial charge < -0.3 is 14.1 Å². The predicted molar refractivity (Wildman–Crippen MR) is 88.3 cm³/mol. The quantitative estimate of drug-likeness (QED) is 0.654. The first-order valence-electron chi connectivity index (χ1n) is 7.89. The molecule has 0 radical (unpaired) electrons. The van der Waals surface area contributed by atoms with Crippen molar-refractivity contribution in [3.8, 4) is 0 Å². The Balaban J connectivity index is 2.10. The van der Waals surface area contributed by atoms with Crippen LogP contribution in [0, 0.1) is 0 Å². The molecule has 24 heavy (non-hydrogen) atoms. The van der Waals surface area contributed by atoms with Crippen molar-refractivity contribution in [3.05, 3.63) is 50.8 Å². The van der Waals surface area contributed by atoms with Crippen LogP contribution in [0.1, 0.15) is 24.9 Å². The number of hydrogen-bond acceptors (Lipinski definition) is 5. The zero-order valence-electron chi connectivity index (χ0n) is 13.7. The van der Waals surface area contributed by atoms with Crippen LogP contribution in [-0.4, -0.2) is 32.8 Å². The van der Waals surface area contributed by atoms with Crippen LogP contribution in [-0.2, 0) is 24.2 Å². The summed E-state index contributed by atoms with van der Waals surface area (Å²) >= 11 is 0. The maximum absolute atomic E-state index is 12.6. The zero-order valence-corrected chi connectivity index (χ0v) is 13.7. The van der Waals surface area contributed by atoms with E-state index < -0.39 is 0 Å².